The van der Waals surface area contributed by atoms with E-state index in [9.17, 15) is 9.59 Å². The topological polar surface area (TPSA) is 95.9 Å². The van der Waals surface area contributed by atoms with E-state index in [4.69, 9.17) is 0 Å². The van der Waals surface area contributed by atoms with Gasteiger partial charge in [0.15, 0.2) is 5.69 Å². The van der Waals surface area contributed by atoms with Crippen molar-refractivity contribution in [1.82, 2.24) is 30.0 Å². The number of hydrogen-bond acceptors (Lipinski definition) is 4. The van der Waals surface area contributed by atoms with Crippen LogP contribution in [0, 0.1) is 0 Å². The number of piperidine rings is 1. The van der Waals surface area contributed by atoms with Crippen LogP contribution in [-0.2, 0) is 11.8 Å². The predicted octanol–water partition coefficient (Wildman–Crippen LogP) is 1.39. The fourth-order valence-corrected chi connectivity index (χ4v) is 3.62. The first-order chi connectivity index (χ1) is 12.6. The van der Waals surface area contributed by atoms with Crippen LogP contribution in [0.25, 0.3) is 10.9 Å². The zero-order valence-electron chi connectivity index (χ0n) is 14.6. The number of rotatable bonds is 3. The third kappa shape index (κ3) is 2.63. The summed E-state index contributed by atoms with van der Waals surface area (Å²) in [6.07, 6.45) is 4.41. The molecule has 1 saturated heterocycles. The number of aromatic nitrogens is 4. The number of aryl methyl sites for hydroxylation is 1. The van der Waals surface area contributed by atoms with Crippen molar-refractivity contribution in [2.24, 2.45) is 7.05 Å². The van der Waals surface area contributed by atoms with Crippen LogP contribution >= 0.6 is 0 Å². The predicted molar refractivity (Wildman–Crippen MR) is 95.3 cm³/mol. The van der Waals surface area contributed by atoms with Crippen LogP contribution in [0.5, 0.6) is 0 Å². The standard InChI is InChI=1S/C18H20N6O2/c1-23-10-19-9-14(23)17-13(7-8-15(25)24(17)2)20-18(26)16-11-5-3-4-6-12(11)21-22-16/h3-6,9-10,13,17H,7-8H2,1-2H3,(H,20,26)(H,21,22)/t13-,17-/m1/s1. The number of imidazole rings is 1. The van der Waals surface area contributed by atoms with E-state index in [-0.39, 0.29) is 23.9 Å². The van der Waals surface area contributed by atoms with Gasteiger partial charge in [-0.3, -0.25) is 14.7 Å². The molecular weight excluding hydrogens is 332 g/mol. The van der Waals surface area contributed by atoms with Gasteiger partial charge < -0.3 is 14.8 Å². The van der Waals surface area contributed by atoms with Crippen LogP contribution in [0.15, 0.2) is 36.8 Å². The van der Waals surface area contributed by atoms with E-state index in [1.807, 2.05) is 35.9 Å². The minimum atomic E-state index is -0.266. The van der Waals surface area contributed by atoms with Crippen molar-refractivity contribution in [3.05, 3.63) is 48.2 Å². The van der Waals surface area contributed by atoms with Crippen LogP contribution in [0.4, 0.5) is 0 Å². The lowest BCUT2D eigenvalue weighted by atomic mass is 9.93. The Labute approximate surface area is 150 Å². The van der Waals surface area contributed by atoms with Crippen molar-refractivity contribution < 1.29 is 9.59 Å². The first-order valence-corrected chi connectivity index (χ1v) is 8.52. The molecular formula is C18H20N6O2. The Hall–Kier alpha value is -3.16. The van der Waals surface area contributed by atoms with Gasteiger partial charge >= 0.3 is 0 Å². The second kappa shape index (κ2) is 6.29. The molecule has 8 nitrogen and oxygen atoms in total. The third-order valence-corrected chi connectivity index (χ3v) is 5.02. The number of amides is 2. The monoisotopic (exact) mass is 352 g/mol. The fourth-order valence-electron chi connectivity index (χ4n) is 3.62. The number of fused-ring (bicyclic) bond motifs is 1. The Morgan fingerprint density at radius 3 is 2.88 bits per heavy atom. The van der Waals surface area contributed by atoms with E-state index >= 15 is 0 Å². The highest BCUT2D eigenvalue weighted by molar-refractivity contribution is 6.04. The van der Waals surface area contributed by atoms with E-state index in [2.05, 4.69) is 20.5 Å². The van der Waals surface area contributed by atoms with E-state index < -0.39 is 0 Å². The zero-order chi connectivity index (χ0) is 18.3. The van der Waals surface area contributed by atoms with Gasteiger partial charge in [0.2, 0.25) is 5.91 Å². The van der Waals surface area contributed by atoms with Gasteiger partial charge in [0.05, 0.1) is 35.8 Å². The Morgan fingerprint density at radius 1 is 1.31 bits per heavy atom. The van der Waals surface area contributed by atoms with Gasteiger partial charge in [-0.15, -0.1) is 0 Å². The molecule has 0 unspecified atom stereocenters. The lowest BCUT2D eigenvalue weighted by Crippen LogP contribution is -2.51. The summed E-state index contributed by atoms with van der Waals surface area (Å²) in [5.74, 6) is -0.186. The highest BCUT2D eigenvalue weighted by Crippen LogP contribution is 2.30. The average molecular weight is 352 g/mol. The lowest BCUT2D eigenvalue weighted by molar-refractivity contribution is -0.136. The molecule has 3 heterocycles. The number of hydrogen-bond donors (Lipinski definition) is 2. The van der Waals surface area contributed by atoms with Crippen molar-refractivity contribution in [3.8, 4) is 0 Å². The normalized spacial score (nSPS) is 20.5. The number of benzene rings is 1. The summed E-state index contributed by atoms with van der Waals surface area (Å²) in [5.41, 5.74) is 2.07. The molecule has 134 valence electrons. The Balaban J connectivity index is 1.64. The summed E-state index contributed by atoms with van der Waals surface area (Å²) in [7, 11) is 3.65. The minimum Gasteiger partial charge on any atom is -0.345 e. The average Bonchev–Trinajstić information content (AvgIpc) is 3.25. The molecule has 2 atom stereocenters. The highest BCUT2D eigenvalue weighted by Gasteiger charge is 2.37. The number of likely N-dealkylation sites (N-methyl/N-ethyl adjacent to an activating group) is 1. The molecule has 1 aliphatic rings. The van der Waals surface area contributed by atoms with E-state index in [0.29, 0.717) is 18.5 Å². The van der Waals surface area contributed by atoms with Gasteiger partial charge in [-0.2, -0.15) is 5.10 Å². The number of carbonyl (C=O) groups excluding carboxylic acids is 2. The van der Waals surface area contributed by atoms with Gasteiger partial charge in [0, 0.05) is 25.9 Å². The van der Waals surface area contributed by atoms with Crippen LogP contribution < -0.4 is 5.32 Å². The maximum atomic E-state index is 12.9. The first-order valence-electron chi connectivity index (χ1n) is 8.52. The highest BCUT2D eigenvalue weighted by atomic mass is 16.2. The van der Waals surface area contributed by atoms with Crippen LogP contribution in [0.3, 0.4) is 0 Å². The number of H-pyrrole nitrogens is 1. The third-order valence-electron chi connectivity index (χ3n) is 5.02. The molecule has 1 aromatic carbocycles. The Kier molecular flexibility index (Phi) is 3.95. The van der Waals surface area contributed by atoms with Gasteiger partial charge in [0.1, 0.15) is 0 Å². The molecule has 0 bridgehead atoms. The van der Waals surface area contributed by atoms with Crippen LogP contribution in [0.2, 0.25) is 0 Å². The van der Waals surface area contributed by atoms with Crippen molar-refractivity contribution in [2.75, 3.05) is 7.05 Å². The molecule has 2 aromatic heterocycles. The second-order valence-corrected chi connectivity index (χ2v) is 6.62. The van der Waals surface area contributed by atoms with E-state index in [1.165, 1.54) is 0 Å². The number of nitrogens with zero attached hydrogens (tertiary/aromatic N) is 4. The number of para-hydroxylation sites is 1. The summed E-state index contributed by atoms with van der Waals surface area (Å²) in [4.78, 5) is 30.9. The van der Waals surface area contributed by atoms with Crippen LogP contribution in [-0.4, -0.2) is 49.6 Å². The number of aromatic amines is 1. The molecule has 0 saturated carbocycles. The second-order valence-electron chi connectivity index (χ2n) is 6.62. The van der Waals surface area contributed by atoms with Gasteiger partial charge in [-0.1, -0.05) is 18.2 Å². The van der Waals surface area contributed by atoms with Crippen LogP contribution in [0.1, 0.15) is 35.1 Å². The van der Waals surface area contributed by atoms with Crippen molar-refractivity contribution in [2.45, 2.75) is 24.9 Å². The largest absolute Gasteiger partial charge is 0.345 e. The molecule has 2 N–H and O–H groups in total. The molecule has 1 aliphatic heterocycles. The van der Waals surface area contributed by atoms with Gasteiger partial charge in [0.25, 0.3) is 5.91 Å². The molecule has 3 aromatic rings. The summed E-state index contributed by atoms with van der Waals surface area (Å²) < 4.78 is 1.88. The van der Waals surface area contributed by atoms with Gasteiger partial charge in [-0.25, -0.2) is 4.98 Å². The number of likely N-dealkylation sites (tertiary alicyclic amines) is 1. The molecule has 1 fully saturated rings. The molecule has 4 rings (SSSR count). The van der Waals surface area contributed by atoms with Crippen molar-refractivity contribution in [1.29, 1.82) is 0 Å². The zero-order valence-corrected chi connectivity index (χ0v) is 14.6. The number of carbonyl (C=O) groups is 2. The summed E-state index contributed by atoms with van der Waals surface area (Å²) in [6.45, 7) is 0. The smallest absolute Gasteiger partial charge is 0.272 e. The molecule has 2 amide bonds. The van der Waals surface area contributed by atoms with Gasteiger partial charge in [-0.05, 0) is 12.5 Å². The Bertz CT molecular complexity index is 975. The molecule has 0 radical (unpaired) electrons. The lowest BCUT2D eigenvalue weighted by Gasteiger charge is -2.39. The molecule has 26 heavy (non-hydrogen) atoms. The summed E-state index contributed by atoms with van der Waals surface area (Å²) in [5, 5.41) is 10.9. The van der Waals surface area contributed by atoms with E-state index in [0.717, 1.165) is 16.6 Å². The minimum absolute atomic E-state index is 0.0620. The summed E-state index contributed by atoms with van der Waals surface area (Å²) >= 11 is 0. The summed E-state index contributed by atoms with van der Waals surface area (Å²) in [6, 6.07) is 7.03. The number of nitrogens with one attached hydrogen (secondary N) is 2. The SMILES string of the molecule is CN1C(=O)CC[C@@H](NC(=O)c2n[nH]c3ccccc23)[C@@H]1c1cncn1C. The Morgan fingerprint density at radius 2 is 2.12 bits per heavy atom. The fraction of sp³-hybridized carbons (Fsp3) is 0.333. The maximum absolute atomic E-state index is 12.9. The molecule has 8 heteroatoms. The molecule has 0 spiro atoms. The quantitative estimate of drug-likeness (QED) is 0.744. The maximum Gasteiger partial charge on any atom is 0.272 e. The van der Waals surface area contributed by atoms with Crippen molar-refractivity contribution >= 4 is 22.7 Å². The molecule has 0 aliphatic carbocycles. The first kappa shape index (κ1) is 16.3. The van der Waals surface area contributed by atoms with Crippen molar-refractivity contribution in [3.63, 3.8) is 0 Å². The van der Waals surface area contributed by atoms with E-state index in [1.54, 1.807) is 24.5 Å².